The average Bonchev–Trinajstić information content (AvgIpc) is 3.54. The van der Waals surface area contributed by atoms with E-state index in [0.717, 1.165) is 17.0 Å². The number of nitrogens with zero attached hydrogens (tertiary/aromatic N) is 1. The monoisotopic (exact) mass is 379 g/mol. The van der Waals surface area contributed by atoms with Gasteiger partial charge in [-0.25, -0.2) is 9.18 Å². The summed E-state index contributed by atoms with van der Waals surface area (Å²) in [6, 6.07) is 14.8. The SMILES string of the molecule is C=CC[C@]1(c2ccc(F)cc2)CCN([C@@H](C)c2ccc(C3CC3)cc2)C(=O)O1. The van der Waals surface area contributed by atoms with Crippen molar-refractivity contribution in [2.75, 3.05) is 6.54 Å². The van der Waals surface area contributed by atoms with Crippen molar-refractivity contribution >= 4 is 6.09 Å². The summed E-state index contributed by atoms with van der Waals surface area (Å²) in [6.07, 6.45) is 5.12. The van der Waals surface area contributed by atoms with Gasteiger partial charge in [0.1, 0.15) is 11.4 Å². The predicted octanol–water partition coefficient (Wildman–Crippen LogP) is 6.08. The number of rotatable bonds is 6. The molecule has 1 amide bonds. The van der Waals surface area contributed by atoms with Crippen LogP contribution in [-0.4, -0.2) is 17.5 Å². The van der Waals surface area contributed by atoms with Crippen LogP contribution in [-0.2, 0) is 10.3 Å². The molecule has 1 heterocycles. The summed E-state index contributed by atoms with van der Waals surface area (Å²) in [7, 11) is 0. The summed E-state index contributed by atoms with van der Waals surface area (Å²) in [5.41, 5.74) is 2.53. The van der Waals surface area contributed by atoms with Crippen LogP contribution < -0.4 is 0 Å². The lowest BCUT2D eigenvalue weighted by molar-refractivity contribution is -0.0588. The molecule has 0 N–H and O–H groups in total. The number of halogens is 1. The van der Waals surface area contributed by atoms with E-state index in [9.17, 15) is 9.18 Å². The molecule has 2 aliphatic rings. The summed E-state index contributed by atoms with van der Waals surface area (Å²) in [5, 5.41) is 0. The highest BCUT2D eigenvalue weighted by molar-refractivity contribution is 5.70. The molecule has 4 heteroatoms. The molecule has 0 bridgehead atoms. The van der Waals surface area contributed by atoms with Gasteiger partial charge in [-0.3, -0.25) is 0 Å². The van der Waals surface area contributed by atoms with E-state index in [-0.39, 0.29) is 18.0 Å². The maximum absolute atomic E-state index is 13.3. The number of carbonyl (C=O) groups excluding carboxylic acids is 1. The Bertz CT molecular complexity index is 857. The van der Waals surface area contributed by atoms with Crippen LogP contribution >= 0.6 is 0 Å². The molecule has 0 spiro atoms. The zero-order chi connectivity index (χ0) is 19.7. The van der Waals surface area contributed by atoms with Crippen molar-refractivity contribution in [1.82, 2.24) is 4.90 Å². The predicted molar refractivity (Wildman–Crippen MR) is 108 cm³/mol. The van der Waals surface area contributed by atoms with E-state index >= 15 is 0 Å². The molecule has 0 radical (unpaired) electrons. The molecule has 1 aliphatic heterocycles. The van der Waals surface area contributed by atoms with E-state index < -0.39 is 5.60 Å². The van der Waals surface area contributed by atoms with Crippen molar-refractivity contribution in [2.24, 2.45) is 0 Å². The minimum Gasteiger partial charge on any atom is -0.437 e. The van der Waals surface area contributed by atoms with E-state index in [2.05, 4.69) is 30.8 Å². The van der Waals surface area contributed by atoms with Crippen LogP contribution in [0.2, 0.25) is 0 Å². The number of amides is 1. The highest BCUT2D eigenvalue weighted by Crippen LogP contribution is 2.42. The second kappa shape index (κ2) is 7.42. The van der Waals surface area contributed by atoms with Crippen LogP contribution in [0.1, 0.15) is 61.3 Å². The Labute approximate surface area is 165 Å². The lowest BCUT2D eigenvalue weighted by atomic mass is 9.85. The molecule has 2 aromatic rings. The summed E-state index contributed by atoms with van der Waals surface area (Å²) in [6.45, 7) is 6.43. The van der Waals surface area contributed by atoms with Crippen molar-refractivity contribution in [3.8, 4) is 0 Å². The Morgan fingerprint density at radius 1 is 1.21 bits per heavy atom. The molecule has 1 saturated carbocycles. The first kappa shape index (κ1) is 18.7. The summed E-state index contributed by atoms with van der Waals surface area (Å²) in [5.74, 6) is 0.420. The van der Waals surface area contributed by atoms with Gasteiger partial charge in [0.15, 0.2) is 0 Å². The van der Waals surface area contributed by atoms with Crippen molar-refractivity contribution in [2.45, 2.75) is 50.2 Å². The van der Waals surface area contributed by atoms with Gasteiger partial charge in [-0.05, 0) is 54.5 Å². The summed E-state index contributed by atoms with van der Waals surface area (Å²) in [4.78, 5) is 14.7. The summed E-state index contributed by atoms with van der Waals surface area (Å²) < 4.78 is 19.3. The number of cyclic esters (lactones) is 1. The second-order valence-electron chi connectivity index (χ2n) is 7.92. The number of hydrogen-bond acceptors (Lipinski definition) is 2. The average molecular weight is 379 g/mol. The number of hydrogen-bond donors (Lipinski definition) is 0. The first-order valence-corrected chi connectivity index (χ1v) is 9.99. The standard InChI is InChI=1S/C24H26FNO2/c1-3-14-24(21-10-12-22(25)13-11-21)15-16-26(23(27)28-24)17(2)18-4-6-19(7-5-18)20-8-9-20/h3-7,10-13,17,20H,1,8-9,14-16H2,2H3/t17-,24+/m0/s1. The number of ether oxygens (including phenoxy) is 1. The molecular weight excluding hydrogens is 353 g/mol. The van der Waals surface area contributed by atoms with Crippen LogP contribution in [0.15, 0.2) is 61.2 Å². The topological polar surface area (TPSA) is 29.5 Å². The zero-order valence-electron chi connectivity index (χ0n) is 16.2. The molecule has 146 valence electrons. The van der Waals surface area contributed by atoms with Crippen molar-refractivity contribution in [3.63, 3.8) is 0 Å². The van der Waals surface area contributed by atoms with Crippen LogP contribution in [0.3, 0.4) is 0 Å². The molecular formula is C24H26FNO2. The third-order valence-electron chi connectivity index (χ3n) is 6.05. The van der Waals surface area contributed by atoms with Gasteiger partial charge < -0.3 is 9.64 Å². The Morgan fingerprint density at radius 3 is 2.46 bits per heavy atom. The quantitative estimate of drug-likeness (QED) is 0.569. The minimum atomic E-state index is -0.779. The van der Waals surface area contributed by atoms with Crippen molar-refractivity contribution in [1.29, 1.82) is 0 Å². The zero-order valence-corrected chi connectivity index (χ0v) is 16.2. The van der Waals surface area contributed by atoms with Gasteiger partial charge in [-0.15, -0.1) is 6.58 Å². The fourth-order valence-corrected chi connectivity index (χ4v) is 4.12. The van der Waals surface area contributed by atoms with E-state index in [1.807, 2.05) is 6.92 Å². The Balaban J connectivity index is 1.52. The summed E-state index contributed by atoms with van der Waals surface area (Å²) >= 11 is 0. The van der Waals surface area contributed by atoms with Gasteiger partial charge in [0, 0.05) is 19.4 Å². The van der Waals surface area contributed by atoms with Gasteiger partial charge in [0.05, 0.1) is 6.04 Å². The molecule has 1 aliphatic carbocycles. The smallest absolute Gasteiger partial charge is 0.411 e. The third kappa shape index (κ3) is 3.56. The first-order valence-electron chi connectivity index (χ1n) is 9.99. The van der Waals surface area contributed by atoms with Crippen molar-refractivity contribution in [3.05, 3.63) is 83.7 Å². The molecule has 0 unspecified atom stereocenters. The molecule has 3 nitrogen and oxygen atoms in total. The molecule has 28 heavy (non-hydrogen) atoms. The molecule has 1 saturated heterocycles. The van der Waals surface area contributed by atoms with Gasteiger partial charge in [-0.2, -0.15) is 0 Å². The van der Waals surface area contributed by atoms with E-state index in [0.29, 0.717) is 19.4 Å². The third-order valence-corrected chi connectivity index (χ3v) is 6.05. The Morgan fingerprint density at radius 2 is 1.89 bits per heavy atom. The lowest BCUT2D eigenvalue weighted by Crippen LogP contribution is -2.48. The molecule has 2 atom stereocenters. The minimum absolute atomic E-state index is 0.0595. The molecule has 0 aromatic heterocycles. The van der Waals surface area contributed by atoms with Gasteiger partial charge in [0.2, 0.25) is 0 Å². The highest BCUT2D eigenvalue weighted by Gasteiger charge is 2.42. The largest absolute Gasteiger partial charge is 0.437 e. The number of carbonyl (C=O) groups is 1. The van der Waals surface area contributed by atoms with Crippen LogP contribution in [0.5, 0.6) is 0 Å². The molecule has 2 fully saturated rings. The fraction of sp³-hybridized carbons (Fsp3) is 0.375. The lowest BCUT2D eigenvalue weighted by Gasteiger charge is -2.43. The number of benzene rings is 2. The van der Waals surface area contributed by atoms with Crippen LogP contribution in [0.4, 0.5) is 9.18 Å². The Hall–Kier alpha value is -2.62. The van der Waals surface area contributed by atoms with E-state index in [4.69, 9.17) is 4.74 Å². The maximum Gasteiger partial charge on any atom is 0.411 e. The van der Waals surface area contributed by atoms with Crippen LogP contribution in [0, 0.1) is 5.82 Å². The second-order valence-corrected chi connectivity index (χ2v) is 7.92. The molecule has 4 rings (SSSR count). The van der Waals surface area contributed by atoms with E-state index in [1.54, 1.807) is 23.1 Å². The first-order chi connectivity index (χ1) is 13.5. The van der Waals surface area contributed by atoms with Crippen LogP contribution in [0.25, 0.3) is 0 Å². The Kier molecular flexibility index (Phi) is 4.96. The fourth-order valence-electron chi connectivity index (χ4n) is 4.12. The van der Waals surface area contributed by atoms with E-state index in [1.165, 1.54) is 30.5 Å². The molecule has 2 aromatic carbocycles. The van der Waals surface area contributed by atoms with Crippen molar-refractivity contribution < 1.29 is 13.9 Å². The van der Waals surface area contributed by atoms with Gasteiger partial charge in [-0.1, -0.05) is 42.5 Å². The highest BCUT2D eigenvalue weighted by atomic mass is 19.1. The van der Waals surface area contributed by atoms with Gasteiger partial charge in [0.25, 0.3) is 0 Å². The maximum atomic E-state index is 13.3. The normalized spacial score (nSPS) is 23.2. The van der Waals surface area contributed by atoms with Gasteiger partial charge >= 0.3 is 6.09 Å².